The summed E-state index contributed by atoms with van der Waals surface area (Å²) in [6, 6.07) is 10.7. The highest BCUT2D eigenvalue weighted by Crippen LogP contribution is 2.29. The SMILES string of the molecule is CCCc1ccc(CCc2ccc(-c3cc(F)c(CC)c(F)c3F)cc2)c(F)c1F. The first-order valence-electron chi connectivity index (χ1n) is 10.1. The average Bonchev–Trinajstić information content (AvgIpc) is 2.74. The van der Waals surface area contributed by atoms with Gasteiger partial charge in [-0.05, 0) is 54.0 Å². The molecule has 0 heterocycles. The van der Waals surface area contributed by atoms with Crippen molar-refractivity contribution in [1.29, 1.82) is 0 Å². The summed E-state index contributed by atoms with van der Waals surface area (Å²) < 4.78 is 70.8. The van der Waals surface area contributed by atoms with Gasteiger partial charge >= 0.3 is 0 Å². The second-order valence-electron chi connectivity index (χ2n) is 7.32. The smallest absolute Gasteiger partial charge is 0.167 e. The van der Waals surface area contributed by atoms with Gasteiger partial charge in [-0.1, -0.05) is 56.7 Å². The van der Waals surface area contributed by atoms with Gasteiger partial charge in [0, 0.05) is 11.1 Å². The van der Waals surface area contributed by atoms with Gasteiger partial charge < -0.3 is 0 Å². The Hall–Kier alpha value is -2.69. The average molecular weight is 418 g/mol. The Morgan fingerprint density at radius 2 is 1.23 bits per heavy atom. The number of rotatable bonds is 7. The van der Waals surface area contributed by atoms with Gasteiger partial charge in [-0.2, -0.15) is 0 Å². The Morgan fingerprint density at radius 3 is 1.80 bits per heavy atom. The molecule has 0 amide bonds. The van der Waals surface area contributed by atoms with Crippen molar-refractivity contribution < 1.29 is 22.0 Å². The van der Waals surface area contributed by atoms with Crippen LogP contribution in [-0.4, -0.2) is 0 Å². The fourth-order valence-electron chi connectivity index (χ4n) is 3.58. The summed E-state index contributed by atoms with van der Waals surface area (Å²) in [5.74, 6) is -4.63. The molecule has 0 radical (unpaired) electrons. The van der Waals surface area contributed by atoms with E-state index in [1.165, 1.54) is 0 Å². The number of benzene rings is 3. The first-order chi connectivity index (χ1) is 14.4. The second kappa shape index (κ2) is 9.41. The van der Waals surface area contributed by atoms with Crippen LogP contribution in [0.5, 0.6) is 0 Å². The lowest BCUT2D eigenvalue weighted by atomic mass is 9.97. The van der Waals surface area contributed by atoms with Crippen molar-refractivity contribution in [2.45, 2.75) is 46.0 Å². The molecule has 0 aromatic heterocycles. The number of halogens is 5. The molecule has 0 saturated heterocycles. The molecular formula is C25H23F5. The molecule has 0 atom stereocenters. The summed E-state index contributed by atoms with van der Waals surface area (Å²) >= 11 is 0. The molecule has 0 aliphatic rings. The Bertz CT molecular complexity index is 1040. The minimum atomic E-state index is -1.17. The normalized spacial score (nSPS) is 11.2. The van der Waals surface area contributed by atoms with Crippen LogP contribution in [0, 0.1) is 29.1 Å². The minimum absolute atomic E-state index is 0.0599. The van der Waals surface area contributed by atoms with Gasteiger partial charge in [0.2, 0.25) is 0 Å². The maximum Gasteiger partial charge on any atom is 0.167 e. The number of aryl methyl sites for hydroxylation is 3. The van der Waals surface area contributed by atoms with E-state index in [1.54, 1.807) is 43.3 Å². The van der Waals surface area contributed by atoms with Crippen LogP contribution in [0.15, 0.2) is 42.5 Å². The van der Waals surface area contributed by atoms with Crippen LogP contribution in [0.1, 0.15) is 42.5 Å². The van der Waals surface area contributed by atoms with Crippen LogP contribution in [0.2, 0.25) is 0 Å². The molecule has 3 aromatic rings. The molecular weight excluding hydrogens is 395 g/mol. The minimum Gasteiger partial charge on any atom is -0.207 e. The quantitative estimate of drug-likeness (QED) is 0.278. The Kier molecular flexibility index (Phi) is 6.91. The second-order valence-corrected chi connectivity index (χ2v) is 7.32. The highest BCUT2D eigenvalue weighted by molar-refractivity contribution is 5.65. The molecule has 0 unspecified atom stereocenters. The zero-order valence-corrected chi connectivity index (χ0v) is 17.0. The van der Waals surface area contributed by atoms with Crippen LogP contribution in [0.3, 0.4) is 0 Å². The van der Waals surface area contributed by atoms with Crippen LogP contribution in [0.25, 0.3) is 11.1 Å². The van der Waals surface area contributed by atoms with Crippen molar-refractivity contribution in [1.82, 2.24) is 0 Å². The van der Waals surface area contributed by atoms with Gasteiger partial charge in [-0.25, -0.2) is 22.0 Å². The summed E-state index contributed by atoms with van der Waals surface area (Å²) in [6.45, 7) is 3.46. The molecule has 5 heteroatoms. The van der Waals surface area contributed by atoms with Crippen molar-refractivity contribution >= 4 is 0 Å². The number of hydrogen-bond acceptors (Lipinski definition) is 0. The molecule has 0 spiro atoms. The van der Waals surface area contributed by atoms with Gasteiger partial charge in [0.05, 0.1) is 0 Å². The molecule has 30 heavy (non-hydrogen) atoms. The van der Waals surface area contributed by atoms with Crippen molar-refractivity contribution in [3.05, 3.63) is 93.8 Å². The maximum absolute atomic E-state index is 14.3. The molecule has 0 aliphatic heterocycles. The lowest BCUT2D eigenvalue weighted by Gasteiger charge is -2.11. The first-order valence-corrected chi connectivity index (χ1v) is 10.1. The highest BCUT2D eigenvalue weighted by Gasteiger charge is 2.18. The maximum atomic E-state index is 14.3. The first kappa shape index (κ1) is 22.0. The van der Waals surface area contributed by atoms with Gasteiger partial charge in [0.25, 0.3) is 0 Å². The third kappa shape index (κ3) is 4.40. The van der Waals surface area contributed by atoms with E-state index in [4.69, 9.17) is 0 Å². The van der Waals surface area contributed by atoms with E-state index in [-0.39, 0.29) is 17.5 Å². The monoisotopic (exact) mass is 418 g/mol. The van der Waals surface area contributed by atoms with Gasteiger partial charge in [0.1, 0.15) is 5.82 Å². The lowest BCUT2D eigenvalue weighted by Crippen LogP contribution is -2.02. The van der Waals surface area contributed by atoms with E-state index in [2.05, 4.69) is 0 Å². The van der Waals surface area contributed by atoms with Crippen molar-refractivity contribution in [3.63, 3.8) is 0 Å². The molecule has 0 fully saturated rings. The summed E-state index contributed by atoms with van der Waals surface area (Å²) in [6.07, 6.45) is 2.03. The van der Waals surface area contributed by atoms with E-state index >= 15 is 0 Å². The zero-order valence-electron chi connectivity index (χ0n) is 17.0. The van der Waals surface area contributed by atoms with Crippen molar-refractivity contribution in [2.75, 3.05) is 0 Å². The van der Waals surface area contributed by atoms with Crippen molar-refractivity contribution in [2.24, 2.45) is 0 Å². The molecule has 0 bridgehead atoms. The predicted octanol–water partition coefficient (Wildman–Crippen LogP) is 7.35. The van der Waals surface area contributed by atoms with Crippen LogP contribution in [-0.2, 0) is 25.7 Å². The van der Waals surface area contributed by atoms with E-state index in [1.807, 2.05) is 6.92 Å². The molecule has 0 saturated carbocycles. The van der Waals surface area contributed by atoms with E-state index in [0.29, 0.717) is 36.0 Å². The molecule has 158 valence electrons. The summed E-state index contributed by atoms with van der Waals surface area (Å²) in [5, 5.41) is 0. The third-order valence-corrected chi connectivity index (χ3v) is 5.32. The molecule has 0 N–H and O–H groups in total. The molecule has 0 nitrogen and oxygen atoms in total. The lowest BCUT2D eigenvalue weighted by molar-refractivity contribution is 0.484. The fraction of sp³-hybridized carbons (Fsp3) is 0.280. The predicted molar refractivity (Wildman–Crippen MR) is 109 cm³/mol. The Balaban J connectivity index is 1.77. The van der Waals surface area contributed by atoms with E-state index in [0.717, 1.165) is 18.1 Å². The van der Waals surface area contributed by atoms with Crippen LogP contribution >= 0.6 is 0 Å². The molecule has 0 aliphatic carbocycles. The number of hydrogen-bond donors (Lipinski definition) is 0. The fourth-order valence-corrected chi connectivity index (χ4v) is 3.58. The molecule has 3 rings (SSSR count). The van der Waals surface area contributed by atoms with Crippen molar-refractivity contribution in [3.8, 4) is 11.1 Å². The highest BCUT2D eigenvalue weighted by atomic mass is 19.2. The Morgan fingerprint density at radius 1 is 0.633 bits per heavy atom. The van der Waals surface area contributed by atoms with Crippen LogP contribution < -0.4 is 0 Å². The molecule has 3 aromatic carbocycles. The Labute approximate surface area is 173 Å². The van der Waals surface area contributed by atoms with Gasteiger partial charge in [-0.15, -0.1) is 0 Å². The van der Waals surface area contributed by atoms with Gasteiger partial charge in [0.15, 0.2) is 23.3 Å². The van der Waals surface area contributed by atoms with Gasteiger partial charge in [-0.3, -0.25) is 0 Å². The third-order valence-electron chi connectivity index (χ3n) is 5.32. The zero-order chi connectivity index (χ0) is 21.8. The van der Waals surface area contributed by atoms with Crippen LogP contribution in [0.4, 0.5) is 22.0 Å². The standard InChI is InChI=1S/C25H23F5/c1-3-5-17-12-13-18(23(28)22(17)27)11-8-15-6-9-16(10-7-15)20-14-21(26)19(4-2)24(29)25(20)30/h6-7,9-10,12-14H,3-5,8,11H2,1-2H3. The summed E-state index contributed by atoms with van der Waals surface area (Å²) in [4.78, 5) is 0. The largest absolute Gasteiger partial charge is 0.207 e. The van der Waals surface area contributed by atoms with E-state index in [9.17, 15) is 22.0 Å². The topological polar surface area (TPSA) is 0 Å². The van der Waals surface area contributed by atoms with E-state index < -0.39 is 29.1 Å². The summed E-state index contributed by atoms with van der Waals surface area (Å²) in [7, 11) is 0. The summed E-state index contributed by atoms with van der Waals surface area (Å²) in [5.41, 5.74) is 1.42.